The van der Waals surface area contributed by atoms with E-state index >= 15 is 0 Å². The highest BCUT2D eigenvalue weighted by Crippen LogP contribution is 2.36. The van der Waals surface area contributed by atoms with Gasteiger partial charge in [-0.1, -0.05) is 32.9 Å². The summed E-state index contributed by atoms with van der Waals surface area (Å²) in [6.45, 7) is 5.47. The van der Waals surface area contributed by atoms with Crippen molar-refractivity contribution in [1.82, 2.24) is 5.32 Å². The minimum atomic E-state index is -0.413. The molecule has 0 unspecified atom stereocenters. The second-order valence-corrected chi connectivity index (χ2v) is 6.14. The van der Waals surface area contributed by atoms with E-state index in [-0.39, 0.29) is 35.4 Å². The molecule has 0 atom stereocenters. The largest absolute Gasteiger partial charge is 0.483 e. The Morgan fingerprint density at radius 1 is 1.23 bits per heavy atom. The Bertz CT molecular complexity index is 680. The van der Waals surface area contributed by atoms with Crippen LogP contribution >= 0.6 is 0 Å². The number of likely N-dealkylation sites (N-methyl/N-ethyl adjacent to an activating group) is 1. The predicted molar refractivity (Wildman–Crippen MR) is 82.2 cm³/mol. The number of amides is 1. The fourth-order valence-electron chi connectivity index (χ4n) is 2.28. The molecule has 116 valence electrons. The van der Waals surface area contributed by atoms with Crippen molar-refractivity contribution in [2.45, 2.75) is 20.8 Å². The molecule has 0 radical (unpaired) electrons. The molecule has 1 amide bonds. The summed E-state index contributed by atoms with van der Waals surface area (Å²) >= 11 is 0. The number of carbonyl (C=O) groups excluding carboxylic acids is 3. The van der Waals surface area contributed by atoms with Crippen LogP contribution in [0.2, 0.25) is 0 Å². The van der Waals surface area contributed by atoms with Gasteiger partial charge in [-0.25, -0.2) is 0 Å². The van der Waals surface area contributed by atoms with Crippen LogP contribution in [0.25, 0.3) is 0 Å². The number of allylic oxidation sites excluding steroid dienone is 2. The van der Waals surface area contributed by atoms with Crippen LogP contribution in [-0.4, -0.2) is 31.1 Å². The van der Waals surface area contributed by atoms with E-state index < -0.39 is 5.41 Å². The first-order valence-electron chi connectivity index (χ1n) is 7.03. The lowest BCUT2D eigenvalue weighted by molar-refractivity contribution is -0.122. The van der Waals surface area contributed by atoms with Crippen molar-refractivity contribution >= 4 is 17.5 Å². The SMILES string of the molecule is CNC(=O)COc1cccc2c1C(=O)C=C(C(C)(C)C)C2=O. The maximum atomic E-state index is 12.6. The van der Waals surface area contributed by atoms with Crippen molar-refractivity contribution in [3.8, 4) is 5.75 Å². The van der Waals surface area contributed by atoms with E-state index in [1.165, 1.54) is 13.1 Å². The number of rotatable bonds is 3. The zero-order valence-electron chi connectivity index (χ0n) is 13.1. The average molecular weight is 301 g/mol. The minimum absolute atomic E-state index is 0.174. The molecule has 1 aromatic carbocycles. The minimum Gasteiger partial charge on any atom is -0.483 e. The topological polar surface area (TPSA) is 72.5 Å². The Balaban J connectivity index is 2.43. The number of fused-ring (bicyclic) bond motifs is 1. The van der Waals surface area contributed by atoms with Gasteiger partial charge >= 0.3 is 0 Å². The third kappa shape index (κ3) is 2.93. The van der Waals surface area contributed by atoms with Crippen LogP contribution in [0, 0.1) is 5.41 Å². The van der Waals surface area contributed by atoms with Crippen molar-refractivity contribution < 1.29 is 19.1 Å². The molecule has 0 spiro atoms. The lowest BCUT2D eigenvalue weighted by Gasteiger charge is -2.26. The lowest BCUT2D eigenvalue weighted by Crippen LogP contribution is -2.27. The summed E-state index contributed by atoms with van der Waals surface area (Å²) in [4.78, 5) is 36.3. The number of ether oxygens (including phenoxy) is 1. The molecule has 1 aliphatic carbocycles. The number of Topliss-reactive ketones (excluding diaryl/α,β-unsaturated/α-hetero) is 1. The first kappa shape index (κ1) is 15.9. The standard InChI is InChI=1S/C17H19NO4/c1-17(2,3)11-8-12(19)15-10(16(11)21)6-5-7-13(15)22-9-14(20)18-4/h5-8H,9H2,1-4H3,(H,18,20). The molecule has 0 saturated heterocycles. The highest BCUT2D eigenvalue weighted by atomic mass is 16.5. The van der Waals surface area contributed by atoms with E-state index in [2.05, 4.69) is 5.32 Å². The van der Waals surface area contributed by atoms with Gasteiger partial charge in [0.25, 0.3) is 5.91 Å². The molecule has 0 saturated carbocycles. The monoisotopic (exact) mass is 301 g/mol. The van der Waals surface area contributed by atoms with Crippen LogP contribution in [0.5, 0.6) is 5.75 Å². The van der Waals surface area contributed by atoms with E-state index in [0.29, 0.717) is 11.1 Å². The molecule has 2 rings (SSSR count). The molecule has 5 heteroatoms. The molecular formula is C17H19NO4. The summed E-state index contributed by atoms with van der Waals surface area (Å²) in [5.41, 5.74) is 0.619. The summed E-state index contributed by atoms with van der Waals surface area (Å²) in [6, 6.07) is 4.85. The van der Waals surface area contributed by atoms with Gasteiger partial charge in [-0.3, -0.25) is 14.4 Å². The van der Waals surface area contributed by atoms with Crippen LogP contribution in [-0.2, 0) is 4.79 Å². The molecule has 1 aromatic rings. The fraction of sp³-hybridized carbons (Fsp3) is 0.353. The van der Waals surface area contributed by atoms with Gasteiger partial charge in [0.2, 0.25) is 0 Å². The van der Waals surface area contributed by atoms with Crippen LogP contribution in [0.15, 0.2) is 29.8 Å². The van der Waals surface area contributed by atoms with E-state index in [1.54, 1.807) is 18.2 Å². The van der Waals surface area contributed by atoms with Gasteiger partial charge in [-0.15, -0.1) is 0 Å². The number of benzene rings is 1. The Labute approximate surface area is 129 Å². The molecule has 0 heterocycles. The second-order valence-electron chi connectivity index (χ2n) is 6.14. The van der Waals surface area contributed by atoms with Gasteiger partial charge in [0, 0.05) is 18.2 Å². The first-order valence-corrected chi connectivity index (χ1v) is 7.03. The zero-order chi connectivity index (χ0) is 16.5. The molecule has 1 aliphatic rings. The number of hydrogen-bond donors (Lipinski definition) is 1. The highest BCUT2D eigenvalue weighted by molar-refractivity contribution is 6.26. The molecule has 22 heavy (non-hydrogen) atoms. The Morgan fingerprint density at radius 3 is 2.50 bits per heavy atom. The summed E-state index contributed by atoms with van der Waals surface area (Å²) in [7, 11) is 1.50. The van der Waals surface area contributed by atoms with Crippen molar-refractivity contribution in [3.63, 3.8) is 0 Å². The van der Waals surface area contributed by atoms with Gasteiger partial charge in [-0.05, 0) is 17.6 Å². The lowest BCUT2D eigenvalue weighted by atomic mass is 9.77. The quantitative estimate of drug-likeness (QED) is 0.928. The van der Waals surface area contributed by atoms with Crippen molar-refractivity contribution in [2.24, 2.45) is 5.41 Å². The number of carbonyl (C=O) groups is 3. The van der Waals surface area contributed by atoms with Crippen molar-refractivity contribution in [2.75, 3.05) is 13.7 Å². The van der Waals surface area contributed by atoms with E-state index in [0.717, 1.165) is 0 Å². The smallest absolute Gasteiger partial charge is 0.257 e. The normalized spacial score (nSPS) is 14.3. The summed E-state index contributed by atoms with van der Waals surface area (Å²) in [5, 5.41) is 2.43. The summed E-state index contributed by atoms with van der Waals surface area (Å²) in [5.74, 6) is -0.499. The number of nitrogens with one attached hydrogen (secondary N) is 1. The maximum absolute atomic E-state index is 12.6. The van der Waals surface area contributed by atoms with Crippen LogP contribution in [0.1, 0.15) is 41.5 Å². The predicted octanol–water partition coefficient (Wildman–Crippen LogP) is 2.16. The van der Waals surface area contributed by atoms with Crippen molar-refractivity contribution in [3.05, 3.63) is 41.0 Å². The van der Waals surface area contributed by atoms with Gasteiger partial charge in [0.1, 0.15) is 5.75 Å². The summed E-state index contributed by atoms with van der Waals surface area (Å²) < 4.78 is 5.38. The van der Waals surface area contributed by atoms with Gasteiger partial charge in [0.15, 0.2) is 18.2 Å². The number of hydrogen-bond acceptors (Lipinski definition) is 4. The third-order valence-electron chi connectivity index (χ3n) is 3.48. The molecule has 0 fully saturated rings. The molecule has 0 aliphatic heterocycles. The molecule has 0 bridgehead atoms. The maximum Gasteiger partial charge on any atom is 0.257 e. The van der Waals surface area contributed by atoms with Crippen LogP contribution in [0.3, 0.4) is 0 Å². The molecule has 0 aromatic heterocycles. The van der Waals surface area contributed by atoms with E-state index in [1.807, 2.05) is 20.8 Å². The number of ketones is 2. The Morgan fingerprint density at radius 2 is 1.91 bits per heavy atom. The van der Waals surface area contributed by atoms with Gasteiger partial charge in [0.05, 0.1) is 5.56 Å². The summed E-state index contributed by atoms with van der Waals surface area (Å²) in [6.07, 6.45) is 1.37. The molecule has 5 nitrogen and oxygen atoms in total. The van der Waals surface area contributed by atoms with Gasteiger partial charge in [-0.2, -0.15) is 0 Å². The average Bonchev–Trinajstić information content (AvgIpc) is 2.46. The van der Waals surface area contributed by atoms with Crippen molar-refractivity contribution in [1.29, 1.82) is 0 Å². The fourth-order valence-corrected chi connectivity index (χ4v) is 2.28. The van der Waals surface area contributed by atoms with E-state index in [4.69, 9.17) is 4.74 Å². The molecule has 1 N–H and O–H groups in total. The second kappa shape index (κ2) is 5.75. The van der Waals surface area contributed by atoms with Crippen LogP contribution in [0.4, 0.5) is 0 Å². The van der Waals surface area contributed by atoms with Crippen LogP contribution < -0.4 is 10.1 Å². The van der Waals surface area contributed by atoms with Gasteiger partial charge < -0.3 is 10.1 Å². The van der Waals surface area contributed by atoms with E-state index in [9.17, 15) is 14.4 Å². The zero-order valence-corrected chi connectivity index (χ0v) is 13.1. The first-order chi connectivity index (χ1) is 10.3. The Hall–Kier alpha value is -2.43. The third-order valence-corrected chi connectivity index (χ3v) is 3.48. The Kier molecular flexibility index (Phi) is 4.17. The molecular weight excluding hydrogens is 282 g/mol. The highest BCUT2D eigenvalue weighted by Gasteiger charge is 2.33.